The monoisotopic (exact) mass is 240 g/mol. The third-order valence-electron chi connectivity index (χ3n) is 3.53. The molecular formula is C14H16N4. The van der Waals surface area contributed by atoms with Crippen molar-refractivity contribution in [2.75, 3.05) is 18.0 Å². The van der Waals surface area contributed by atoms with Gasteiger partial charge in [0.15, 0.2) is 0 Å². The first kappa shape index (κ1) is 11.1. The predicted octanol–water partition coefficient (Wildman–Crippen LogP) is 2.26. The van der Waals surface area contributed by atoms with Gasteiger partial charge in [-0.1, -0.05) is 30.3 Å². The average Bonchev–Trinajstić information content (AvgIpc) is 2.49. The zero-order chi connectivity index (χ0) is 12.2. The summed E-state index contributed by atoms with van der Waals surface area (Å²) in [6, 6.07) is 10.8. The lowest BCUT2D eigenvalue weighted by Crippen LogP contribution is -2.34. The first-order chi connectivity index (χ1) is 8.93. The summed E-state index contributed by atoms with van der Waals surface area (Å²) in [5.74, 6) is 1.47. The summed E-state index contributed by atoms with van der Waals surface area (Å²) in [4.78, 5) is 14.5. The minimum absolute atomic E-state index is 0.671. The fraction of sp³-hybridized carbons (Fsp3) is 0.357. The molecule has 0 N–H and O–H groups in total. The van der Waals surface area contributed by atoms with Crippen LogP contribution in [0.15, 0.2) is 43.0 Å². The highest BCUT2D eigenvalue weighted by molar-refractivity contribution is 5.30. The third kappa shape index (κ3) is 2.32. The van der Waals surface area contributed by atoms with Crippen LogP contribution in [0, 0.1) is 0 Å². The summed E-state index contributed by atoms with van der Waals surface area (Å²) in [7, 11) is 0. The van der Waals surface area contributed by atoms with E-state index in [0.29, 0.717) is 5.92 Å². The predicted molar refractivity (Wildman–Crippen MR) is 70.5 cm³/mol. The van der Waals surface area contributed by atoms with Crippen molar-refractivity contribution in [2.45, 2.75) is 18.8 Å². The minimum atomic E-state index is 0.671. The van der Waals surface area contributed by atoms with Crippen LogP contribution in [0.3, 0.4) is 0 Å². The Bertz CT molecular complexity index is 430. The van der Waals surface area contributed by atoms with E-state index in [0.717, 1.165) is 31.9 Å². The van der Waals surface area contributed by atoms with Crippen molar-refractivity contribution < 1.29 is 0 Å². The second-order valence-corrected chi connectivity index (χ2v) is 4.61. The van der Waals surface area contributed by atoms with Crippen molar-refractivity contribution in [1.82, 2.24) is 15.0 Å². The summed E-state index contributed by atoms with van der Waals surface area (Å²) < 4.78 is 0. The van der Waals surface area contributed by atoms with Crippen LogP contribution in [0.1, 0.15) is 24.3 Å². The summed E-state index contributed by atoms with van der Waals surface area (Å²) in [6.07, 6.45) is 5.45. The maximum atomic E-state index is 4.20. The highest BCUT2D eigenvalue weighted by atomic mass is 15.3. The highest BCUT2D eigenvalue weighted by Gasteiger charge is 2.21. The number of hydrogen-bond donors (Lipinski definition) is 0. The molecule has 0 amide bonds. The fourth-order valence-corrected chi connectivity index (χ4v) is 2.53. The molecule has 0 radical (unpaired) electrons. The second kappa shape index (κ2) is 5.12. The third-order valence-corrected chi connectivity index (χ3v) is 3.53. The summed E-state index contributed by atoms with van der Waals surface area (Å²) >= 11 is 0. The molecule has 3 rings (SSSR count). The zero-order valence-electron chi connectivity index (χ0n) is 10.2. The van der Waals surface area contributed by atoms with Gasteiger partial charge in [-0.2, -0.15) is 0 Å². The number of rotatable bonds is 2. The van der Waals surface area contributed by atoms with Gasteiger partial charge in [-0.15, -0.1) is 0 Å². The van der Waals surface area contributed by atoms with Gasteiger partial charge in [-0.25, -0.2) is 15.0 Å². The van der Waals surface area contributed by atoms with Crippen molar-refractivity contribution in [3.63, 3.8) is 0 Å². The summed E-state index contributed by atoms with van der Waals surface area (Å²) in [5.41, 5.74) is 1.45. The van der Waals surface area contributed by atoms with Gasteiger partial charge >= 0.3 is 0 Å². The van der Waals surface area contributed by atoms with E-state index in [9.17, 15) is 0 Å². The lowest BCUT2D eigenvalue weighted by molar-refractivity contribution is 0.499. The molecule has 1 saturated heterocycles. The molecule has 18 heavy (non-hydrogen) atoms. The van der Waals surface area contributed by atoms with Crippen LogP contribution in [-0.4, -0.2) is 28.0 Å². The van der Waals surface area contributed by atoms with E-state index in [1.165, 1.54) is 5.56 Å². The van der Waals surface area contributed by atoms with E-state index in [2.05, 4.69) is 50.2 Å². The molecule has 4 nitrogen and oxygen atoms in total. The number of nitrogens with zero attached hydrogens (tertiary/aromatic N) is 4. The number of anilines is 1. The van der Waals surface area contributed by atoms with E-state index in [1.54, 1.807) is 12.7 Å². The Balaban J connectivity index is 1.65. The van der Waals surface area contributed by atoms with Crippen LogP contribution < -0.4 is 4.90 Å². The molecule has 2 heterocycles. The van der Waals surface area contributed by atoms with Crippen LogP contribution in [-0.2, 0) is 0 Å². The molecule has 1 fully saturated rings. The van der Waals surface area contributed by atoms with E-state index in [-0.39, 0.29) is 0 Å². The molecule has 0 aliphatic carbocycles. The average molecular weight is 240 g/mol. The van der Waals surface area contributed by atoms with Crippen LogP contribution in [0.5, 0.6) is 0 Å². The number of aromatic nitrogens is 3. The van der Waals surface area contributed by atoms with E-state index < -0.39 is 0 Å². The summed E-state index contributed by atoms with van der Waals surface area (Å²) in [6.45, 7) is 2.03. The van der Waals surface area contributed by atoms with Crippen LogP contribution in [0.4, 0.5) is 5.95 Å². The SMILES string of the molecule is c1ccc(C2CCN(c3ncncn3)CC2)cc1. The molecule has 0 unspecified atom stereocenters. The lowest BCUT2D eigenvalue weighted by Gasteiger charge is -2.32. The van der Waals surface area contributed by atoms with Crippen molar-refractivity contribution in [3.8, 4) is 0 Å². The second-order valence-electron chi connectivity index (χ2n) is 4.61. The standard InChI is InChI=1S/C14H16N4/c1-2-4-12(5-3-1)13-6-8-18(9-7-13)14-16-10-15-11-17-14/h1-5,10-11,13H,6-9H2. The molecule has 1 aliphatic heterocycles. The number of piperidine rings is 1. The molecule has 4 heteroatoms. The lowest BCUT2D eigenvalue weighted by atomic mass is 9.90. The number of hydrogen-bond acceptors (Lipinski definition) is 4. The van der Waals surface area contributed by atoms with E-state index in [1.807, 2.05) is 0 Å². The highest BCUT2D eigenvalue weighted by Crippen LogP contribution is 2.28. The maximum Gasteiger partial charge on any atom is 0.228 e. The van der Waals surface area contributed by atoms with Crippen molar-refractivity contribution in [1.29, 1.82) is 0 Å². The summed E-state index contributed by atoms with van der Waals surface area (Å²) in [5, 5.41) is 0. The molecule has 0 atom stereocenters. The molecule has 2 aromatic rings. The van der Waals surface area contributed by atoms with Gasteiger partial charge in [0, 0.05) is 13.1 Å². The first-order valence-corrected chi connectivity index (χ1v) is 6.35. The Morgan fingerprint density at radius 2 is 1.61 bits per heavy atom. The Labute approximate surface area is 107 Å². The Morgan fingerprint density at radius 1 is 0.944 bits per heavy atom. The molecule has 0 spiro atoms. The van der Waals surface area contributed by atoms with Gasteiger partial charge in [0.25, 0.3) is 0 Å². The van der Waals surface area contributed by atoms with Gasteiger partial charge in [0.2, 0.25) is 5.95 Å². The van der Waals surface area contributed by atoms with E-state index >= 15 is 0 Å². The van der Waals surface area contributed by atoms with Crippen molar-refractivity contribution in [3.05, 3.63) is 48.5 Å². The smallest absolute Gasteiger partial charge is 0.228 e. The van der Waals surface area contributed by atoms with Gasteiger partial charge in [-0.05, 0) is 24.3 Å². The minimum Gasteiger partial charge on any atom is -0.341 e. The normalized spacial score (nSPS) is 16.8. The molecule has 0 saturated carbocycles. The Hall–Kier alpha value is -1.97. The van der Waals surface area contributed by atoms with Gasteiger partial charge in [0.05, 0.1) is 0 Å². The van der Waals surface area contributed by atoms with E-state index in [4.69, 9.17) is 0 Å². The zero-order valence-corrected chi connectivity index (χ0v) is 10.2. The molecule has 1 aliphatic rings. The molecule has 0 bridgehead atoms. The molecular weight excluding hydrogens is 224 g/mol. The topological polar surface area (TPSA) is 41.9 Å². The first-order valence-electron chi connectivity index (χ1n) is 6.35. The van der Waals surface area contributed by atoms with Crippen LogP contribution in [0.25, 0.3) is 0 Å². The van der Waals surface area contributed by atoms with Crippen LogP contribution in [0.2, 0.25) is 0 Å². The van der Waals surface area contributed by atoms with Gasteiger partial charge in [0.1, 0.15) is 12.7 Å². The molecule has 1 aromatic carbocycles. The quantitative estimate of drug-likeness (QED) is 0.807. The maximum absolute atomic E-state index is 4.20. The van der Waals surface area contributed by atoms with Crippen molar-refractivity contribution in [2.24, 2.45) is 0 Å². The van der Waals surface area contributed by atoms with Crippen molar-refractivity contribution >= 4 is 5.95 Å². The van der Waals surface area contributed by atoms with Crippen LogP contribution >= 0.6 is 0 Å². The Kier molecular flexibility index (Phi) is 3.17. The molecule has 1 aromatic heterocycles. The molecule has 92 valence electrons. The van der Waals surface area contributed by atoms with Gasteiger partial charge in [-0.3, -0.25) is 0 Å². The fourth-order valence-electron chi connectivity index (χ4n) is 2.53. The van der Waals surface area contributed by atoms with Gasteiger partial charge < -0.3 is 4.90 Å². The largest absolute Gasteiger partial charge is 0.341 e. The Morgan fingerprint density at radius 3 is 2.28 bits per heavy atom. The number of benzene rings is 1.